The minimum Gasteiger partial charge on any atom is -0.367 e. The summed E-state index contributed by atoms with van der Waals surface area (Å²) in [5, 5.41) is 0. The van der Waals surface area contributed by atoms with E-state index in [1.807, 2.05) is 19.9 Å². The van der Waals surface area contributed by atoms with Crippen molar-refractivity contribution in [2.24, 2.45) is 0 Å². The molecule has 1 atom stereocenters. The Morgan fingerprint density at radius 2 is 2.05 bits per heavy atom. The van der Waals surface area contributed by atoms with Gasteiger partial charge in [0.15, 0.2) is 5.82 Å². The fraction of sp³-hybridized carbons (Fsp3) is 0.400. The molecule has 0 saturated carbocycles. The number of hydrogen-bond acceptors (Lipinski definition) is 6. The van der Waals surface area contributed by atoms with Crippen molar-refractivity contribution in [3.63, 3.8) is 0 Å². The van der Waals surface area contributed by atoms with Crippen molar-refractivity contribution >= 4 is 5.91 Å². The first-order valence-corrected chi connectivity index (χ1v) is 7.12. The molecular formula is C15H17N5O2. The molecule has 1 amide bonds. The number of ether oxygens (including phenoxy) is 1. The molecule has 1 fully saturated rings. The lowest BCUT2D eigenvalue weighted by Gasteiger charge is -2.32. The zero-order valence-electron chi connectivity index (χ0n) is 12.6. The van der Waals surface area contributed by atoms with Gasteiger partial charge in [-0.05, 0) is 19.9 Å². The van der Waals surface area contributed by atoms with E-state index in [-0.39, 0.29) is 12.0 Å². The van der Waals surface area contributed by atoms with E-state index in [1.54, 1.807) is 11.1 Å². The van der Waals surface area contributed by atoms with E-state index in [1.165, 1.54) is 12.4 Å². The van der Waals surface area contributed by atoms with Crippen LogP contribution in [0, 0.1) is 13.8 Å². The summed E-state index contributed by atoms with van der Waals surface area (Å²) < 4.78 is 5.74. The van der Waals surface area contributed by atoms with Gasteiger partial charge in [-0.2, -0.15) is 0 Å². The topological polar surface area (TPSA) is 81.1 Å². The first kappa shape index (κ1) is 14.5. The van der Waals surface area contributed by atoms with Crippen LogP contribution < -0.4 is 0 Å². The van der Waals surface area contributed by atoms with E-state index >= 15 is 0 Å². The predicted octanol–water partition coefficient (Wildman–Crippen LogP) is 1.10. The Bertz CT molecular complexity index is 657. The molecular weight excluding hydrogens is 282 g/mol. The van der Waals surface area contributed by atoms with Gasteiger partial charge in [0.1, 0.15) is 11.8 Å². The Balaban J connectivity index is 1.78. The minimum absolute atomic E-state index is 0.147. The lowest BCUT2D eigenvalue weighted by atomic mass is 10.2. The van der Waals surface area contributed by atoms with E-state index in [0.29, 0.717) is 31.2 Å². The molecule has 1 aliphatic rings. The lowest BCUT2D eigenvalue weighted by molar-refractivity contribution is -0.0271. The molecule has 2 aromatic rings. The average Bonchev–Trinajstić information content (AvgIpc) is 2.54. The van der Waals surface area contributed by atoms with Crippen LogP contribution in [0.25, 0.3) is 0 Å². The summed E-state index contributed by atoms with van der Waals surface area (Å²) in [6, 6.07) is 1.91. The molecule has 0 unspecified atom stereocenters. The second-order valence-electron chi connectivity index (χ2n) is 5.21. The third kappa shape index (κ3) is 3.09. The highest BCUT2D eigenvalue weighted by atomic mass is 16.5. The largest absolute Gasteiger partial charge is 0.367 e. The molecule has 0 radical (unpaired) electrons. The van der Waals surface area contributed by atoms with Crippen LogP contribution in [0.15, 0.2) is 24.7 Å². The molecule has 7 heteroatoms. The van der Waals surface area contributed by atoms with Crippen LogP contribution in [-0.2, 0) is 4.74 Å². The molecule has 7 nitrogen and oxygen atoms in total. The van der Waals surface area contributed by atoms with E-state index in [2.05, 4.69) is 19.9 Å². The fourth-order valence-electron chi connectivity index (χ4n) is 2.46. The molecule has 22 heavy (non-hydrogen) atoms. The maximum absolute atomic E-state index is 12.4. The summed E-state index contributed by atoms with van der Waals surface area (Å²) in [5.41, 5.74) is 2.12. The zero-order valence-corrected chi connectivity index (χ0v) is 12.6. The predicted molar refractivity (Wildman–Crippen MR) is 78.1 cm³/mol. The van der Waals surface area contributed by atoms with Crippen molar-refractivity contribution in [1.29, 1.82) is 0 Å². The minimum atomic E-state index is -0.312. The summed E-state index contributed by atoms with van der Waals surface area (Å²) in [4.78, 5) is 31.0. The number of carbonyl (C=O) groups excluding carboxylic acids is 1. The Morgan fingerprint density at radius 3 is 2.73 bits per heavy atom. The van der Waals surface area contributed by atoms with Crippen LogP contribution in [0.5, 0.6) is 0 Å². The Hall–Kier alpha value is -2.41. The van der Waals surface area contributed by atoms with Gasteiger partial charge in [-0.25, -0.2) is 15.0 Å². The monoisotopic (exact) mass is 299 g/mol. The van der Waals surface area contributed by atoms with Gasteiger partial charge >= 0.3 is 0 Å². The first-order valence-electron chi connectivity index (χ1n) is 7.12. The Kier molecular flexibility index (Phi) is 4.06. The molecule has 0 N–H and O–H groups in total. The number of hydrogen-bond donors (Lipinski definition) is 0. The molecule has 3 heterocycles. The maximum Gasteiger partial charge on any atom is 0.274 e. The van der Waals surface area contributed by atoms with Crippen molar-refractivity contribution < 1.29 is 9.53 Å². The van der Waals surface area contributed by atoms with Crippen molar-refractivity contribution in [3.8, 4) is 0 Å². The number of rotatable bonds is 2. The van der Waals surface area contributed by atoms with Gasteiger partial charge in [-0.3, -0.25) is 9.78 Å². The fourth-order valence-corrected chi connectivity index (χ4v) is 2.46. The van der Waals surface area contributed by atoms with Crippen LogP contribution in [0.3, 0.4) is 0 Å². The molecule has 3 rings (SSSR count). The SMILES string of the molecule is Cc1cc(C)nc([C@@H]2CN(C(=O)c3cnccn3)CCO2)n1. The highest BCUT2D eigenvalue weighted by Gasteiger charge is 2.28. The molecule has 0 spiro atoms. The van der Waals surface area contributed by atoms with Gasteiger partial charge in [-0.15, -0.1) is 0 Å². The third-order valence-electron chi connectivity index (χ3n) is 3.42. The zero-order chi connectivity index (χ0) is 15.5. The van der Waals surface area contributed by atoms with E-state index in [4.69, 9.17) is 4.74 Å². The van der Waals surface area contributed by atoms with Crippen molar-refractivity contribution in [2.75, 3.05) is 19.7 Å². The average molecular weight is 299 g/mol. The number of aromatic nitrogens is 4. The van der Waals surface area contributed by atoms with Gasteiger partial charge in [0, 0.05) is 30.3 Å². The lowest BCUT2D eigenvalue weighted by Crippen LogP contribution is -2.43. The van der Waals surface area contributed by atoms with Crippen molar-refractivity contribution in [1.82, 2.24) is 24.8 Å². The quantitative estimate of drug-likeness (QED) is 0.826. The van der Waals surface area contributed by atoms with Crippen LogP contribution >= 0.6 is 0 Å². The van der Waals surface area contributed by atoms with Crippen LogP contribution in [0.2, 0.25) is 0 Å². The molecule has 0 bridgehead atoms. The van der Waals surface area contributed by atoms with Gasteiger partial charge in [0.2, 0.25) is 0 Å². The normalized spacial score (nSPS) is 18.3. The van der Waals surface area contributed by atoms with E-state index in [0.717, 1.165) is 11.4 Å². The van der Waals surface area contributed by atoms with Crippen molar-refractivity contribution in [2.45, 2.75) is 20.0 Å². The highest BCUT2D eigenvalue weighted by molar-refractivity contribution is 5.92. The second kappa shape index (κ2) is 6.15. The van der Waals surface area contributed by atoms with Gasteiger partial charge in [0.05, 0.1) is 19.3 Å². The first-order chi connectivity index (χ1) is 10.6. The Morgan fingerprint density at radius 1 is 1.27 bits per heavy atom. The van der Waals surface area contributed by atoms with Crippen molar-refractivity contribution in [3.05, 3.63) is 47.6 Å². The summed E-state index contributed by atoms with van der Waals surface area (Å²) in [5.74, 6) is 0.472. The summed E-state index contributed by atoms with van der Waals surface area (Å²) in [7, 11) is 0. The van der Waals surface area contributed by atoms with E-state index in [9.17, 15) is 4.79 Å². The van der Waals surface area contributed by atoms with E-state index < -0.39 is 0 Å². The molecule has 1 aliphatic heterocycles. The number of nitrogens with zero attached hydrogens (tertiary/aromatic N) is 5. The number of amides is 1. The Labute approximate surface area is 128 Å². The molecule has 2 aromatic heterocycles. The highest BCUT2D eigenvalue weighted by Crippen LogP contribution is 2.20. The molecule has 1 saturated heterocycles. The molecule has 0 aromatic carbocycles. The second-order valence-corrected chi connectivity index (χ2v) is 5.21. The third-order valence-corrected chi connectivity index (χ3v) is 3.42. The van der Waals surface area contributed by atoms with Gasteiger partial charge in [0.25, 0.3) is 5.91 Å². The molecule has 0 aliphatic carbocycles. The molecule has 114 valence electrons. The standard InChI is InChI=1S/C15H17N5O2/c1-10-7-11(2)19-14(18-10)13-9-20(5-6-22-13)15(21)12-8-16-3-4-17-12/h3-4,7-8,13H,5-6,9H2,1-2H3/t13-/m0/s1. The summed E-state index contributed by atoms with van der Waals surface area (Å²) in [6.07, 6.45) is 4.22. The van der Waals surface area contributed by atoms with Gasteiger partial charge < -0.3 is 9.64 Å². The van der Waals surface area contributed by atoms with Crippen LogP contribution in [0.1, 0.15) is 33.8 Å². The number of carbonyl (C=O) groups is 1. The summed E-state index contributed by atoms with van der Waals surface area (Å²) in [6.45, 7) is 5.23. The van der Waals surface area contributed by atoms with Crippen LogP contribution in [0.4, 0.5) is 0 Å². The van der Waals surface area contributed by atoms with Gasteiger partial charge in [-0.1, -0.05) is 0 Å². The summed E-state index contributed by atoms with van der Waals surface area (Å²) >= 11 is 0. The van der Waals surface area contributed by atoms with Crippen LogP contribution in [-0.4, -0.2) is 50.4 Å². The maximum atomic E-state index is 12.4. The smallest absolute Gasteiger partial charge is 0.274 e. The number of aryl methyl sites for hydroxylation is 2. The number of morpholine rings is 1.